The van der Waals surface area contributed by atoms with Crippen LogP contribution in [0.5, 0.6) is 0 Å². The van der Waals surface area contributed by atoms with Crippen molar-refractivity contribution in [3.8, 4) is 0 Å². The molecule has 3 heteroatoms. The van der Waals surface area contributed by atoms with Gasteiger partial charge in [-0.05, 0) is 17.9 Å². The van der Waals surface area contributed by atoms with Crippen molar-refractivity contribution < 1.29 is 0 Å². The van der Waals surface area contributed by atoms with Gasteiger partial charge < -0.3 is 4.90 Å². The van der Waals surface area contributed by atoms with Gasteiger partial charge in [0.25, 0.3) is 0 Å². The maximum atomic E-state index is 4.68. The fraction of sp³-hybridized carbons (Fsp3) is 0.533. The van der Waals surface area contributed by atoms with Crippen LogP contribution < -0.4 is 0 Å². The van der Waals surface area contributed by atoms with Crippen molar-refractivity contribution in [3.05, 3.63) is 35.9 Å². The summed E-state index contributed by atoms with van der Waals surface area (Å²) < 4.78 is 0. The zero-order valence-electron chi connectivity index (χ0n) is 11.3. The fourth-order valence-corrected chi connectivity index (χ4v) is 3.05. The third kappa shape index (κ3) is 4.05. The van der Waals surface area contributed by atoms with E-state index in [1.807, 2.05) is 11.8 Å². The summed E-state index contributed by atoms with van der Waals surface area (Å²) in [6.45, 7) is 7.59. The van der Waals surface area contributed by atoms with Gasteiger partial charge in [0, 0.05) is 25.4 Å². The molecule has 0 fully saturated rings. The molecular formula is C15H22N2S. The molecule has 1 aliphatic heterocycles. The molecule has 0 atom stereocenters. The second kappa shape index (κ2) is 6.83. The summed E-state index contributed by atoms with van der Waals surface area (Å²) >= 11 is 1.91. The van der Waals surface area contributed by atoms with Crippen LogP contribution in [0, 0.1) is 5.92 Å². The standard InChI is InChI=1S/C15H22N2S/c1-13(2)11-17(15-16-9-6-10-18-15)12-14-7-4-3-5-8-14/h3-5,7-8,13H,6,9-12H2,1-2H3. The summed E-state index contributed by atoms with van der Waals surface area (Å²) in [6, 6.07) is 10.7. The lowest BCUT2D eigenvalue weighted by molar-refractivity contribution is 0.364. The highest BCUT2D eigenvalue weighted by Gasteiger charge is 2.16. The maximum Gasteiger partial charge on any atom is 0.159 e. The molecule has 0 aromatic heterocycles. The summed E-state index contributed by atoms with van der Waals surface area (Å²) in [4.78, 5) is 7.12. The molecule has 0 spiro atoms. The molecule has 98 valence electrons. The van der Waals surface area contributed by atoms with Crippen molar-refractivity contribution in [1.29, 1.82) is 0 Å². The minimum atomic E-state index is 0.666. The maximum absolute atomic E-state index is 4.68. The van der Waals surface area contributed by atoms with Gasteiger partial charge in [-0.25, -0.2) is 0 Å². The van der Waals surface area contributed by atoms with Crippen molar-refractivity contribution in [1.82, 2.24) is 4.90 Å². The van der Waals surface area contributed by atoms with E-state index in [0.29, 0.717) is 5.92 Å². The normalized spacial score (nSPS) is 15.6. The van der Waals surface area contributed by atoms with Gasteiger partial charge in [-0.3, -0.25) is 4.99 Å². The van der Waals surface area contributed by atoms with Crippen molar-refractivity contribution in [3.63, 3.8) is 0 Å². The van der Waals surface area contributed by atoms with Crippen LogP contribution in [0.1, 0.15) is 25.8 Å². The molecule has 0 unspecified atom stereocenters. The second-order valence-corrected chi connectivity index (χ2v) is 6.19. The second-order valence-electron chi connectivity index (χ2n) is 5.13. The monoisotopic (exact) mass is 262 g/mol. The Labute approximate surface area is 114 Å². The number of hydrogen-bond acceptors (Lipinski definition) is 3. The van der Waals surface area contributed by atoms with Gasteiger partial charge in [0.2, 0.25) is 0 Å². The van der Waals surface area contributed by atoms with E-state index in [-0.39, 0.29) is 0 Å². The molecule has 0 radical (unpaired) electrons. The van der Waals surface area contributed by atoms with Crippen molar-refractivity contribution in [2.75, 3.05) is 18.8 Å². The van der Waals surface area contributed by atoms with Gasteiger partial charge >= 0.3 is 0 Å². The van der Waals surface area contributed by atoms with E-state index in [9.17, 15) is 0 Å². The van der Waals surface area contributed by atoms with Gasteiger partial charge in [0.15, 0.2) is 5.17 Å². The third-order valence-electron chi connectivity index (χ3n) is 2.85. The molecule has 0 aliphatic carbocycles. The van der Waals surface area contributed by atoms with E-state index in [0.717, 1.165) is 19.6 Å². The van der Waals surface area contributed by atoms with Gasteiger partial charge in [-0.2, -0.15) is 0 Å². The van der Waals surface area contributed by atoms with E-state index in [4.69, 9.17) is 0 Å². The first-order valence-electron chi connectivity index (χ1n) is 6.72. The Balaban J connectivity index is 2.07. The molecule has 0 saturated heterocycles. The Bertz CT molecular complexity index is 387. The highest BCUT2D eigenvalue weighted by molar-refractivity contribution is 8.13. The predicted octanol–water partition coefficient (Wildman–Crippen LogP) is 3.64. The first kappa shape index (κ1) is 13.5. The molecule has 0 N–H and O–H groups in total. The van der Waals surface area contributed by atoms with Crippen LogP contribution in [-0.4, -0.2) is 28.9 Å². The Morgan fingerprint density at radius 3 is 2.67 bits per heavy atom. The SMILES string of the molecule is CC(C)CN(Cc1ccccc1)C1=NCCCS1. The number of amidine groups is 1. The molecule has 1 aromatic rings. The molecule has 2 nitrogen and oxygen atoms in total. The molecule has 0 saturated carbocycles. The highest BCUT2D eigenvalue weighted by Crippen LogP contribution is 2.19. The highest BCUT2D eigenvalue weighted by atomic mass is 32.2. The van der Waals surface area contributed by atoms with Gasteiger partial charge in [-0.1, -0.05) is 55.9 Å². The van der Waals surface area contributed by atoms with Crippen LogP contribution in [0.2, 0.25) is 0 Å². The van der Waals surface area contributed by atoms with Crippen LogP contribution in [-0.2, 0) is 6.54 Å². The van der Waals surface area contributed by atoms with E-state index in [1.165, 1.54) is 22.9 Å². The van der Waals surface area contributed by atoms with Crippen LogP contribution in [0.3, 0.4) is 0 Å². The Morgan fingerprint density at radius 1 is 1.28 bits per heavy atom. The van der Waals surface area contributed by atoms with Crippen LogP contribution >= 0.6 is 11.8 Å². The minimum Gasteiger partial charge on any atom is -0.347 e. The molecule has 0 bridgehead atoms. The predicted molar refractivity (Wildman–Crippen MR) is 81.1 cm³/mol. The summed E-state index contributed by atoms with van der Waals surface area (Å²) in [7, 11) is 0. The van der Waals surface area contributed by atoms with E-state index < -0.39 is 0 Å². The minimum absolute atomic E-state index is 0.666. The lowest BCUT2D eigenvalue weighted by atomic mass is 10.2. The quantitative estimate of drug-likeness (QED) is 0.823. The van der Waals surface area contributed by atoms with Crippen molar-refractivity contribution in [2.45, 2.75) is 26.8 Å². The number of thioether (sulfide) groups is 1. The number of benzene rings is 1. The number of hydrogen-bond donors (Lipinski definition) is 0. The van der Waals surface area contributed by atoms with E-state index in [1.54, 1.807) is 0 Å². The zero-order valence-corrected chi connectivity index (χ0v) is 12.1. The number of aliphatic imine (C=N–C) groups is 1. The van der Waals surface area contributed by atoms with Crippen LogP contribution in [0.4, 0.5) is 0 Å². The van der Waals surface area contributed by atoms with E-state index >= 15 is 0 Å². The average molecular weight is 262 g/mol. The molecular weight excluding hydrogens is 240 g/mol. The van der Waals surface area contributed by atoms with Gasteiger partial charge in [0.1, 0.15) is 0 Å². The van der Waals surface area contributed by atoms with Gasteiger partial charge in [0.05, 0.1) is 0 Å². The molecule has 1 heterocycles. The van der Waals surface area contributed by atoms with Gasteiger partial charge in [-0.15, -0.1) is 0 Å². The Morgan fingerprint density at radius 2 is 2.06 bits per heavy atom. The summed E-state index contributed by atoms with van der Waals surface area (Å²) in [5.74, 6) is 1.88. The smallest absolute Gasteiger partial charge is 0.159 e. The Hall–Kier alpha value is -0.960. The molecule has 1 aromatic carbocycles. The Kier molecular flexibility index (Phi) is 5.12. The summed E-state index contributed by atoms with van der Waals surface area (Å²) in [5, 5.41) is 1.24. The van der Waals surface area contributed by atoms with Crippen molar-refractivity contribution in [2.24, 2.45) is 10.9 Å². The first-order valence-corrected chi connectivity index (χ1v) is 7.70. The van der Waals surface area contributed by atoms with Crippen molar-refractivity contribution >= 4 is 16.9 Å². The molecule has 2 rings (SSSR count). The summed E-state index contributed by atoms with van der Waals surface area (Å²) in [5.41, 5.74) is 1.37. The largest absolute Gasteiger partial charge is 0.347 e. The molecule has 1 aliphatic rings. The summed E-state index contributed by atoms with van der Waals surface area (Å²) in [6.07, 6.45) is 1.22. The fourth-order valence-electron chi connectivity index (χ4n) is 2.09. The first-order chi connectivity index (χ1) is 8.75. The molecule has 0 amide bonds. The topological polar surface area (TPSA) is 15.6 Å². The van der Waals surface area contributed by atoms with E-state index in [2.05, 4.69) is 54.1 Å². The lowest BCUT2D eigenvalue weighted by Crippen LogP contribution is -2.33. The number of nitrogens with zero attached hydrogens (tertiary/aromatic N) is 2. The third-order valence-corrected chi connectivity index (χ3v) is 3.99. The van der Waals surface area contributed by atoms with Crippen LogP contribution in [0.15, 0.2) is 35.3 Å². The average Bonchev–Trinajstić information content (AvgIpc) is 2.40. The number of rotatable bonds is 4. The zero-order chi connectivity index (χ0) is 12.8. The molecule has 18 heavy (non-hydrogen) atoms. The van der Waals surface area contributed by atoms with Crippen LogP contribution in [0.25, 0.3) is 0 Å². The lowest BCUT2D eigenvalue weighted by Gasteiger charge is -2.29.